The molecule has 80 valence electrons. The number of aromatic nitrogens is 4. The van der Waals surface area contributed by atoms with E-state index in [1.54, 1.807) is 11.7 Å². The second-order valence-corrected chi connectivity index (χ2v) is 3.00. The van der Waals surface area contributed by atoms with E-state index in [2.05, 4.69) is 20.5 Å². The molecular weight excluding hydrogens is 190 g/mol. The second kappa shape index (κ2) is 5.85. The summed E-state index contributed by atoms with van der Waals surface area (Å²) in [6, 6.07) is 0. The first-order chi connectivity index (χ1) is 7.27. The van der Waals surface area contributed by atoms with Gasteiger partial charge in [0.05, 0.1) is 6.42 Å². The van der Waals surface area contributed by atoms with Crippen LogP contribution in [-0.4, -0.2) is 33.0 Å². The minimum atomic E-state index is 0.647. The molecule has 1 rings (SSSR count). The smallest absolute Gasteiger partial charge is 0.156 e. The molecule has 0 N–H and O–H groups in total. The summed E-state index contributed by atoms with van der Waals surface area (Å²) < 4.78 is 1.65. The Balaban J connectivity index is 2.67. The maximum atomic E-state index is 4.16. The predicted octanol–water partition coefficient (Wildman–Crippen LogP) is 0.956. The van der Waals surface area contributed by atoms with E-state index in [9.17, 15) is 0 Å². The van der Waals surface area contributed by atoms with Gasteiger partial charge in [0.1, 0.15) is 0 Å². The van der Waals surface area contributed by atoms with E-state index in [1.165, 1.54) is 0 Å². The van der Waals surface area contributed by atoms with Crippen LogP contribution in [0.5, 0.6) is 0 Å². The minimum Gasteiger partial charge on any atom is -0.293 e. The van der Waals surface area contributed by atoms with Crippen molar-refractivity contribution in [3.8, 4) is 0 Å². The molecule has 15 heavy (non-hydrogen) atoms. The van der Waals surface area contributed by atoms with E-state index in [0.717, 1.165) is 11.5 Å². The molecule has 0 atom stereocenters. The van der Waals surface area contributed by atoms with Crippen molar-refractivity contribution in [3.05, 3.63) is 30.1 Å². The van der Waals surface area contributed by atoms with Crippen molar-refractivity contribution in [2.24, 2.45) is 12.0 Å². The number of aliphatic imine (C=N–C) groups is 1. The average molecular weight is 205 g/mol. The van der Waals surface area contributed by atoms with Crippen LogP contribution in [0.15, 0.2) is 29.3 Å². The molecule has 0 aliphatic rings. The van der Waals surface area contributed by atoms with Gasteiger partial charge in [-0.2, -0.15) is 0 Å². The molecule has 0 amide bonds. The third-order valence-corrected chi connectivity index (χ3v) is 1.93. The fraction of sp³-hybridized carbons (Fsp3) is 0.400. The van der Waals surface area contributed by atoms with Crippen molar-refractivity contribution in [2.75, 3.05) is 7.05 Å². The zero-order valence-corrected chi connectivity index (χ0v) is 9.25. The molecule has 1 aromatic rings. The molecule has 0 fully saturated rings. The molecule has 5 heteroatoms. The highest BCUT2D eigenvalue weighted by molar-refractivity contribution is 5.96. The van der Waals surface area contributed by atoms with E-state index >= 15 is 0 Å². The monoisotopic (exact) mass is 205 g/mol. The number of rotatable bonds is 4. The number of hydrogen-bond donors (Lipinski definition) is 0. The van der Waals surface area contributed by atoms with E-state index in [0.29, 0.717) is 6.42 Å². The van der Waals surface area contributed by atoms with Gasteiger partial charge in [-0.05, 0) is 23.4 Å². The lowest BCUT2D eigenvalue weighted by Gasteiger charge is -1.97. The van der Waals surface area contributed by atoms with Crippen molar-refractivity contribution in [1.82, 2.24) is 20.2 Å². The van der Waals surface area contributed by atoms with Gasteiger partial charge in [0, 0.05) is 19.8 Å². The number of allylic oxidation sites excluding steroid dienone is 4. The predicted molar refractivity (Wildman–Crippen MR) is 59.8 cm³/mol. The summed E-state index contributed by atoms with van der Waals surface area (Å²) in [5, 5.41) is 11.2. The van der Waals surface area contributed by atoms with Crippen LogP contribution < -0.4 is 0 Å². The SMILES string of the molecule is C\C=C/C=C\C(Cc1nnnn1C)=N\C. The summed E-state index contributed by atoms with van der Waals surface area (Å²) in [4.78, 5) is 4.16. The molecule has 0 aromatic carbocycles. The normalized spacial score (nSPS) is 13.1. The van der Waals surface area contributed by atoms with Gasteiger partial charge in [-0.1, -0.05) is 18.2 Å². The molecule has 5 nitrogen and oxygen atoms in total. The standard InChI is InChI=1S/C10H15N5/c1-4-5-6-7-9(11-2)8-10-12-13-14-15(10)3/h4-7H,8H2,1-3H3/b5-4-,7-6-,11-9-. The fourth-order valence-corrected chi connectivity index (χ4v) is 1.05. The molecule has 0 radical (unpaired) electrons. The quantitative estimate of drug-likeness (QED) is 0.543. The zero-order valence-electron chi connectivity index (χ0n) is 9.25. The van der Waals surface area contributed by atoms with Crippen molar-refractivity contribution >= 4 is 5.71 Å². The third-order valence-electron chi connectivity index (χ3n) is 1.93. The first-order valence-electron chi connectivity index (χ1n) is 4.74. The Morgan fingerprint density at radius 2 is 2.27 bits per heavy atom. The Kier molecular flexibility index (Phi) is 4.40. The fourth-order valence-electron chi connectivity index (χ4n) is 1.05. The summed E-state index contributed by atoms with van der Waals surface area (Å²) in [6.45, 7) is 1.97. The minimum absolute atomic E-state index is 0.647. The van der Waals surface area contributed by atoms with Gasteiger partial charge in [-0.15, -0.1) is 5.10 Å². The molecule has 0 saturated carbocycles. The highest BCUT2D eigenvalue weighted by Crippen LogP contribution is 1.95. The van der Waals surface area contributed by atoms with E-state index in [4.69, 9.17) is 0 Å². The maximum absolute atomic E-state index is 4.16. The van der Waals surface area contributed by atoms with E-state index < -0.39 is 0 Å². The van der Waals surface area contributed by atoms with Crippen LogP contribution in [0.25, 0.3) is 0 Å². The van der Waals surface area contributed by atoms with E-state index in [1.807, 2.05) is 38.3 Å². The number of aryl methyl sites for hydroxylation is 1. The van der Waals surface area contributed by atoms with Crippen LogP contribution in [0, 0.1) is 0 Å². The van der Waals surface area contributed by atoms with Crippen molar-refractivity contribution < 1.29 is 0 Å². The Bertz CT molecular complexity index is 386. The average Bonchev–Trinajstić information content (AvgIpc) is 2.63. The Morgan fingerprint density at radius 3 is 2.80 bits per heavy atom. The number of tetrazole rings is 1. The molecule has 0 spiro atoms. The van der Waals surface area contributed by atoms with Gasteiger partial charge in [-0.25, -0.2) is 4.68 Å². The maximum Gasteiger partial charge on any atom is 0.156 e. The largest absolute Gasteiger partial charge is 0.293 e. The highest BCUT2D eigenvalue weighted by atomic mass is 15.5. The first kappa shape index (κ1) is 11.3. The lowest BCUT2D eigenvalue weighted by molar-refractivity contribution is 0.690. The highest BCUT2D eigenvalue weighted by Gasteiger charge is 2.03. The van der Waals surface area contributed by atoms with Gasteiger partial charge in [-0.3, -0.25) is 4.99 Å². The van der Waals surface area contributed by atoms with Crippen molar-refractivity contribution in [2.45, 2.75) is 13.3 Å². The molecule has 0 saturated heterocycles. The summed E-state index contributed by atoms with van der Waals surface area (Å²) in [6.07, 6.45) is 8.47. The zero-order chi connectivity index (χ0) is 11.1. The topological polar surface area (TPSA) is 56.0 Å². The lowest BCUT2D eigenvalue weighted by atomic mass is 10.2. The van der Waals surface area contributed by atoms with Crippen LogP contribution in [0.3, 0.4) is 0 Å². The van der Waals surface area contributed by atoms with Crippen LogP contribution >= 0.6 is 0 Å². The molecule has 0 unspecified atom stereocenters. The Hall–Kier alpha value is -1.78. The van der Waals surface area contributed by atoms with Gasteiger partial charge < -0.3 is 0 Å². The van der Waals surface area contributed by atoms with Crippen LogP contribution in [-0.2, 0) is 13.5 Å². The molecule has 1 aromatic heterocycles. The summed E-state index contributed by atoms with van der Waals surface area (Å²) >= 11 is 0. The van der Waals surface area contributed by atoms with E-state index in [-0.39, 0.29) is 0 Å². The molecule has 0 aliphatic carbocycles. The third kappa shape index (κ3) is 3.46. The van der Waals surface area contributed by atoms with Crippen LogP contribution in [0.2, 0.25) is 0 Å². The van der Waals surface area contributed by atoms with Crippen molar-refractivity contribution in [1.29, 1.82) is 0 Å². The Morgan fingerprint density at radius 1 is 1.47 bits per heavy atom. The first-order valence-corrected chi connectivity index (χ1v) is 4.74. The van der Waals surface area contributed by atoms with Crippen LogP contribution in [0.4, 0.5) is 0 Å². The van der Waals surface area contributed by atoms with Gasteiger partial charge in [0.2, 0.25) is 0 Å². The summed E-state index contributed by atoms with van der Waals surface area (Å²) in [5.74, 6) is 0.806. The molecule has 0 aliphatic heterocycles. The Labute approximate surface area is 89.2 Å². The van der Waals surface area contributed by atoms with Gasteiger partial charge >= 0.3 is 0 Å². The number of nitrogens with zero attached hydrogens (tertiary/aromatic N) is 5. The lowest BCUT2D eigenvalue weighted by Crippen LogP contribution is -2.06. The number of hydrogen-bond acceptors (Lipinski definition) is 4. The van der Waals surface area contributed by atoms with Crippen molar-refractivity contribution in [3.63, 3.8) is 0 Å². The molecular formula is C10H15N5. The summed E-state index contributed by atoms with van der Waals surface area (Å²) in [7, 11) is 3.58. The van der Waals surface area contributed by atoms with Gasteiger partial charge in [0.25, 0.3) is 0 Å². The second-order valence-electron chi connectivity index (χ2n) is 3.00. The van der Waals surface area contributed by atoms with Gasteiger partial charge in [0.15, 0.2) is 5.82 Å². The molecule has 0 bridgehead atoms. The molecule has 1 heterocycles. The van der Waals surface area contributed by atoms with Crippen LogP contribution in [0.1, 0.15) is 12.7 Å². The summed E-state index contributed by atoms with van der Waals surface area (Å²) in [5.41, 5.74) is 0.950.